The van der Waals surface area contributed by atoms with Crippen molar-refractivity contribution in [3.63, 3.8) is 0 Å². The zero-order valence-corrected chi connectivity index (χ0v) is 18.4. The van der Waals surface area contributed by atoms with Crippen LogP contribution in [0.15, 0.2) is 36.4 Å². The van der Waals surface area contributed by atoms with Crippen molar-refractivity contribution >= 4 is 23.2 Å². The molecule has 2 aromatic carbocycles. The number of piperazine rings is 1. The quantitative estimate of drug-likeness (QED) is 0.771. The van der Waals surface area contributed by atoms with Gasteiger partial charge in [-0.15, -0.1) is 0 Å². The number of nitrogens with one attached hydrogen (secondary N) is 2. The van der Waals surface area contributed by atoms with E-state index < -0.39 is 0 Å². The topological polar surface area (TPSA) is 64.7 Å². The van der Waals surface area contributed by atoms with E-state index in [0.29, 0.717) is 13.1 Å². The molecular weight excluding hydrogens is 376 g/mol. The van der Waals surface area contributed by atoms with Crippen LogP contribution < -0.4 is 10.6 Å². The Kier molecular flexibility index (Phi) is 7.24. The standard InChI is InChI=1S/C24H32N4O2/c1-17-5-7-21(19(3)13-17)25-23(29)15-27-9-11-28(12-10-27)16-24(30)26-22-8-6-18(2)14-20(22)4/h5-8,13-14H,9-12,15-16H2,1-4H3,(H,25,29)(H,26,30). The van der Waals surface area contributed by atoms with E-state index in [1.807, 2.05) is 52.0 Å². The number of hydrogen-bond acceptors (Lipinski definition) is 4. The minimum atomic E-state index is 0.00277. The summed E-state index contributed by atoms with van der Waals surface area (Å²) in [6, 6.07) is 12.0. The number of benzene rings is 2. The third kappa shape index (κ3) is 6.15. The fourth-order valence-electron chi connectivity index (χ4n) is 3.80. The van der Waals surface area contributed by atoms with Crippen molar-refractivity contribution in [1.82, 2.24) is 9.80 Å². The summed E-state index contributed by atoms with van der Waals surface area (Å²) in [5.41, 5.74) is 6.25. The van der Waals surface area contributed by atoms with Crippen molar-refractivity contribution in [3.05, 3.63) is 58.7 Å². The Bertz CT molecular complexity index is 842. The molecule has 0 aliphatic carbocycles. The molecule has 0 bridgehead atoms. The number of amides is 2. The largest absolute Gasteiger partial charge is 0.325 e. The van der Waals surface area contributed by atoms with E-state index in [0.717, 1.165) is 48.7 Å². The van der Waals surface area contributed by atoms with Gasteiger partial charge in [-0.25, -0.2) is 0 Å². The van der Waals surface area contributed by atoms with Crippen molar-refractivity contribution in [1.29, 1.82) is 0 Å². The molecule has 2 amide bonds. The highest BCUT2D eigenvalue weighted by atomic mass is 16.2. The Morgan fingerprint density at radius 1 is 0.700 bits per heavy atom. The Morgan fingerprint density at radius 3 is 1.40 bits per heavy atom. The van der Waals surface area contributed by atoms with Crippen LogP contribution in [0.25, 0.3) is 0 Å². The highest BCUT2D eigenvalue weighted by molar-refractivity contribution is 5.93. The average Bonchev–Trinajstić information content (AvgIpc) is 2.68. The molecule has 30 heavy (non-hydrogen) atoms. The maximum atomic E-state index is 12.4. The van der Waals surface area contributed by atoms with Gasteiger partial charge in [0.25, 0.3) is 0 Å². The third-order valence-electron chi connectivity index (χ3n) is 5.51. The van der Waals surface area contributed by atoms with E-state index in [2.05, 4.69) is 32.6 Å². The van der Waals surface area contributed by atoms with Gasteiger partial charge in [-0.05, 0) is 51.0 Å². The second-order valence-corrected chi connectivity index (χ2v) is 8.29. The van der Waals surface area contributed by atoms with E-state index in [4.69, 9.17) is 0 Å². The van der Waals surface area contributed by atoms with Crippen LogP contribution in [-0.4, -0.2) is 60.9 Å². The highest BCUT2D eigenvalue weighted by Gasteiger charge is 2.21. The van der Waals surface area contributed by atoms with E-state index in [9.17, 15) is 9.59 Å². The van der Waals surface area contributed by atoms with Gasteiger partial charge in [0.1, 0.15) is 0 Å². The van der Waals surface area contributed by atoms with Gasteiger partial charge in [0, 0.05) is 37.6 Å². The fraction of sp³-hybridized carbons (Fsp3) is 0.417. The molecule has 0 unspecified atom stereocenters. The molecule has 2 aromatic rings. The first-order chi connectivity index (χ1) is 14.3. The molecule has 1 aliphatic rings. The Balaban J connectivity index is 1.42. The van der Waals surface area contributed by atoms with E-state index in [1.54, 1.807) is 0 Å². The molecule has 0 radical (unpaired) electrons. The number of hydrogen-bond donors (Lipinski definition) is 2. The molecule has 1 saturated heterocycles. The monoisotopic (exact) mass is 408 g/mol. The second kappa shape index (κ2) is 9.87. The minimum absolute atomic E-state index is 0.00277. The first-order valence-corrected chi connectivity index (χ1v) is 10.5. The Hall–Kier alpha value is -2.70. The number of rotatable bonds is 6. The first-order valence-electron chi connectivity index (χ1n) is 10.5. The normalized spacial score (nSPS) is 15.1. The lowest BCUT2D eigenvalue weighted by Crippen LogP contribution is -2.50. The minimum Gasteiger partial charge on any atom is -0.325 e. The van der Waals surface area contributed by atoms with Crippen LogP contribution >= 0.6 is 0 Å². The molecule has 0 atom stereocenters. The van der Waals surface area contributed by atoms with Crippen molar-refractivity contribution < 1.29 is 9.59 Å². The lowest BCUT2D eigenvalue weighted by Gasteiger charge is -2.33. The van der Waals surface area contributed by atoms with Gasteiger partial charge in [-0.2, -0.15) is 0 Å². The molecule has 0 spiro atoms. The summed E-state index contributed by atoms with van der Waals surface area (Å²) in [7, 11) is 0. The fourth-order valence-corrected chi connectivity index (χ4v) is 3.80. The number of nitrogens with zero attached hydrogens (tertiary/aromatic N) is 2. The zero-order valence-electron chi connectivity index (χ0n) is 18.4. The van der Waals surface area contributed by atoms with Gasteiger partial charge in [-0.1, -0.05) is 35.4 Å². The predicted octanol–water partition coefficient (Wildman–Crippen LogP) is 3.12. The lowest BCUT2D eigenvalue weighted by atomic mass is 10.1. The Morgan fingerprint density at radius 2 is 1.07 bits per heavy atom. The summed E-state index contributed by atoms with van der Waals surface area (Å²) in [5.74, 6) is 0.00554. The van der Waals surface area contributed by atoms with E-state index >= 15 is 0 Å². The molecule has 1 fully saturated rings. The number of carbonyl (C=O) groups is 2. The summed E-state index contributed by atoms with van der Waals surface area (Å²) in [6.45, 7) is 11.9. The van der Waals surface area contributed by atoms with Crippen molar-refractivity contribution in [2.75, 3.05) is 49.9 Å². The van der Waals surface area contributed by atoms with Crippen LogP contribution in [0.5, 0.6) is 0 Å². The van der Waals surface area contributed by atoms with Crippen LogP contribution in [0.2, 0.25) is 0 Å². The molecule has 6 heteroatoms. The molecule has 6 nitrogen and oxygen atoms in total. The summed E-state index contributed by atoms with van der Waals surface area (Å²) in [6.07, 6.45) is 0. The van der Waals surface area contributed by atoms with Gasteiger partial charge in [0.05, 0.1) is 13.1 Å². The summed E-state index contributed by atoms with van der Waals surface area (Å²) in [5, 5.41) is 6.01. The van der Waals surface area contributed by atoms with Crippen LogP contribution in [0.4, 0.5) is 11.4 Å². The van der Waals surface area contributed by atoms with Crippen LogP contribution in [-0.2, 0) is 9.59 Å². The maximum absolute atomic E-state index is 12.4. The summed E-state index contributed by atoms with van der Waals surface area (Å²) < 4.78 is 0. The smallest absolute Gasteiger partial charge is 0.238 e. The molecule has 160 valence electrons. The van der Waals surface area contributed by atoms with Gasteiger partial charge in [-0.3, -0.25) is 19.4 Å². The maximum Gasteiger partial charge on any atom is 0.238 e. The van der Waals surface area contributed by atoms with Crippen molar-refractivity contribution in [2.45, 2.75) is 27.7 Å². The highest BCUT2D eigenvalue weighted by Crippen LogP contribution is 2.17. The molecule has 0 aromatic heterocycles. The number of carbonyl (C=O) groups excluding carboxylic acids is 2. The predicted molar refractivity (Wildman–Crippen MR) is 122 cm³/mol. The average molecular weight is 409 g/mol. The molecule has 2 N–H and O–H groups in total. The SMILES string of the molecule is Cc1ccc(NC(=O)CN2CCN(CC(=O)Nc3ccc(C)cc3C)CC2)c(C)c1. The van der Waals surface area contributed by atoms with Gasteiger partial charge >= 0.3 is 0 Å². The van der Waals surface area contributed by atoms with E-state index in [-0.39, 0.29) is 11.8 Å². The van der Waals surface area contributed by atoms with Crippen LogP contribution in [0.3, 0.4) is 0 Å². The first kappa shape index (κ1) is 22.0. The molecule has 0 saturated carbocycles. The second-order valence-electron chi connectivity index (χ2n) is 8.29. The molecular formula is C24H32N4O2. The molecule has 1 heterocycles. The number of aryl methyl sites for hydroxylation is 4. The van der Waals surface area contributed by atoms with Gasteiger partial charge < -0.3 is 10.6 Å². The van der Waals surface area contributed by atoms with Crippen molar-refractivity contribution in [2.24, 2.45) is 0 Å². The van der Waals surface area contributed by atoms with Crippen LogP contribution in [0, 0.1) is 27.7 Å². The zero-order chi connectivity index (χ0) is 21.7. The van der Waals surface area contributed by atoms with Gasteiger partial charge in [0.15, 0.2) is 0 Å². The summed E-state index contributed by atoms with van der Waals surface area (Å²) in [4.78, 5) is 29.1. The third-order valence-corrected chi connectivity index (χ3v) is 5.51. The van der Waals surface area contributed by atoms with E-state index in [1.165, 1.54) is 11.1 Å². The van der Waals surface area contributed by atoms with Crippen molar-refractivity contribution in [3.8, 4) is 0 Å². The summed E-state index contributed by atoms with van der Waals surface area (Å²) >= 11 is 0. The number of anilines is 2. The molecule has 3 rings (SSSR count). The van der Waals surface area contributed by atoms with Crippen LogP contribution in [0.1, 0.15) is 22.3 Å². The van der Waals surface area contributed by atoms with Gasteiger partial charge in [0.2, 0.25) is 11.8 Å². The Labute approximate surface area is 179 Å². The molecule has 1 aliphatic heterocycles. The lowest BCUT2D eigenvalue weighted by molar-refractivity contribution is -0.120.